The summed E-state index contributed by atoms with van der Waals surface area (Å²) < 4.78 is 0. The van der Waals surface area contributed by atoms with Crippen LogP contribution in [0.4, 0.5) is 17.1 Å². The Hall–Kier alpha value is -7.00. The minimum atomic E-state index is -2.65. The molecule has 0 saturated carbocycles. The fourth-order valence-electron chi connectivity index (χ4n) is 8.93. The molecular weight excluding hydrogens is 703 g/mol. The second kappa shape index (κ2) is 14.9. The second-order valence-electron chi connectivity index (χ2n) is 14.9. The lowest BCUT2D eigenvalue weighted by molar-refractivity contribution is 1.26. The van der Waals surface area contributed by atoms with Gasteiger partial charge in [-0.3, -0.25) is 0 Å². The van der Waals surface area contributed by atoms with Gasteiger partial charge in [-0.1, -0.05) is 200 Å². The van der Waals surface area contributed by atoms with Gasteiger partial charge in [0.2, 0.25) is 0 Å². The molecule has 0 spiro atoms. The summed E-state index contributed by atoms with van der Waals surface area (Å²) >= 11 is 0. The lowest BCUT2D eigenvalue weighted by atomic mass is 9.99. The van der Waals surface area contributed by atoms with E-state index in [1.54, 1.807) is 0 Å². The summed E-state index contributed by atoms with van der Waals surface area (Å²) in [6, 6.07) is 87.2. The Morgan fingerprint density at radius 1 is 0.281 bits per heavy atom. The fourth-order valence-corrected chi connectivity index (χ4v) is 13.7. The van der Waals surface area contributed by atoms with Crippen molar-refractivity contribution in [3.63, 3.8) is 0 Å². The Labute approximate surface area is 336 Å². The molecule has 57 heavy (non-hydrogen) atoms. The van der Waals surface area contributed by atoms with Crippen LogP contribution in [0.15, 0.2) is 237 Å². The van der Waals surface area contributed by atoms with Crippen molar-refractivity contribution in [3.05, 3.63) is 248 Å². The molecule has 0 aliphatic heterocycles. The summed E-state index contributed by atoms with van der Waals surface area (Å²) in [6.07, 6.45) is 0.989. The maximum atomic E-state index is 2.39. The molecule has 0 N–H and O–H groups in total. The second-order valence-corrected chi connectivity index (χ2v) is 18.7. The van der Waals surface area contributed by atoms with E-state index in [2.05, 4.69) is 241 Å². The first-order valence-corrected chi connectivity index (χ1v) is 21.8. The summed E-state index contributed by atoms with van der Waals surface area (Å²) in [6.45, 7) is 0. The van der Waals surface area contributed by atoms with Gasteiger partial charge in [0.1, 0.15) is 0 Å². The number of rotatable bonds is 9. The van der Waals surface area contributed by atoms with Gasteiger partial charge in [0.15, 0.2) is 8.07 Å². The van der Waals surface area contributed by atoms with Gasteiger partial charge in [-0.25, -0.2) is 0 Å². The van der Waals surface area contributed by atoms with Crippen LogP contribution < -0.4 is 25.6 Å². The first kappa shape index (κ1) is 34.5. The summed E-state index contributed by atoms with van der Waals surface area (Å²) in [5.41, 5.74) is 13.8. The van der Waals surface area contributed by atoms with Crippen LogP contribution in [0.2, 0.25) is 0 Å². The van der Waals surface area contributed by atoms with E-state index >= 15 is 0 Å². The molecule has 0 heterocycles. The molecule has 0 saturated heterocycles. The smallest absolute Gasteiger partial charge is 0.179 e. The third-order valence-corrected chi connectivity index (χ3v) is 16.5. The van der Waals surface area contributed by atoms with E-state index in [-0.39, 0.29) is 0 Å². The molecule has 0 unspecified atom stereocenters. The van der Waals surface area contributed by atoms with Crippen LogP contribution in [0.25, 0.3) is 33.4 Å². The van der Waals surface area contributed by atoms with Crippen molar-refractivity contribution in [1.82, 2.24) is 0 Å². The van der Waals surface area contributed by atoms with Crippen LogP contribution in [0.5, 0.6) is 0 Å². The van der Waals surface area contributed by atoms with Crippen molar-refractivity contribution in [2.45, 2.75) is 6.42 Å². The molecule has 9 aromatic carbocycles. The fraction of sp³-hybridized carbons (Fsp3) is 0.0182. The van der Waals surface area contributed by atoms with E-state index in [9.17, 15) is 0 Å². The normalized spacial score (nSPS) is 11.8. The average molecular weight is 744 g/mol. The number of nitrogens with zero attached hydrogens (tertiary/aromatic N) is 1. The monoisotopic (exact) mass is 743 g/mol. The van der Waals surface area contributed by atoms with Crippen LogP contribution in [0.3, 0.4) is 0 Å². The Morgan fingerprint density at radius 3 is 1.18 bits per heavy atom. The van der Waals surface area contributed by atoms with Gasteiger partial charge < -0.3 is 4.90 Å². The zero-order valence-corrected chi connectivity index (χ0v) is 32.7. The van der Waals surface area contributed by atoms with Crippen LogP contribution in [-0.4, -0.2) is 8.07 Å². The summed E-state index contributed by atoms with van der Waals surface area (Å²) in [5.74, 6) is 0. The predicted molar refractivity (Wildman–Crippen MR) is 244 cm³/mol. The molecule has 1 nitrogen and oxygen atoms in total. The molecule has 9 aromatic rings. The van der Waals surface area contributed by atoms with E-state index in [1.807, 2.05) is 0 Å². The van der Waals surface area contributed by atoms with E-state index in [1.165, 1.54) is 65.3 Å². The quantitative estimate of drug-likeness (QED) is 0.105. The largest absolute Gasteiger partial charge is 0.311 e. The third kappa shape index (κ3) is 6.31. The van der Waals surface area contributed by atoms with E-state index in [4.69, 9.17) is 0 Å². The van der Waals surface area contributed by atoms with E-state index in [0.29, 0.717) is 0 Å². The Kier molecular flexibility index (Phi) is 9.02. The van der Waals surface area contributed by atoms with Crippen molar-refractivity contribution in [1.29, 1.82) is 0 Å². The molecular formula is C55H41NSi. The topological polar surface area (TPSA) is 3.24 Å². The highest BCUT2D eigenvalue weighted by Gasteiger charge is 2.41. The standard InChI is InChI=1S/C55H41NSi/c1-5-15-41(16-6-1)42-25-30-47(31-26-42)56(48-32-27-43(28-33-48)44-29-38-55-46(39-44)40-45-17-13-14-24-54(45)55)49-34-36-53(37-35-49)57(50-18-7-2-8-19-50,51-20-9-3-10-21-51)52-22-11-4-12-23-52/h1-39H,40H2. The van der Waals surface area contributed by atoms with Gasteiger partial charge in [0, 0.05) is 17.1 Å². The van der Waals surface area contributed by atoms with Gasteiger partial charge in [0.05, 0.1) is 0 Å². The first-order valence-electron chi connectivity index (χ1n) is 19.8. The molecule has 1 aliphatic carbocycles. The van der Waals surface area contributed by atoms with Crippen molar-refractivity contribution < 1.29 is 0 Å². The van der Waals surface area contributed by atoms with Gasteiger partial charge >= 0.3 is 0 Å². The van der Waals surface area contributed by atoms with E-state index in [0.717, 1.165) is 23.5 Å². The number of hydrogen-bond acceptors (Lipinski definition) is 1. The van der Waals surface area contributed by atoms with Crippen molar-refractivity contribution >= 4 is 45.9 Å². The minimum absolute atomic E-state index is 0.989. The van der Waals surface area contributed by atoms with Crippen LogP contribution in [0, 0.1) is 0 Å². The summed E-state index contributed by atoms with van der Waals surface area (Å²) in [7, 11) is -2.65. The van der Waals surface area contributed by atoms with Crippen molar-refractivity contribution in [2.75, 3.05) is 4.90 Å². The molecule has 2 heteroatoms. The lowest BCUT2D eigenvalue weighted by Gasteiger charge is -2.35. The van der Waals surface area contributed by atoms with Gasteiger partial charge in [-0.2, -0.15) is 0 Å². The maximum absolute atomic E-state index is 2.65. The zero-order valence-electron chi connectivity index (χ0n) is 31.7. The van der Waals surface area contributed by atoms with Crippen LogP contribution >= 0.6 is 0 Å². The molecule has 1 aliphatic rings. The molecule has 270 valence electrons. The van der Waals surface area contributed by atoms with Crippen LogP contribution in [-0.2, 0) is 6.42 Å². The van der Waals surface area contributed by atoms with E-state index < -0.39 is 8.07 Å². The Morgan fingerprint density at radius 2 is 0.649 bits per heavy atom. The highest BCUT2D eigenvalue weighted by atomic mass is 28.3. The summed E-state index contributed by atoms with van der Waals surface area (Å²) in [4.78, 5) is 2.39. The molecule has 0 atom stereocenters. The van der Waals surface area contributed by atoms with Gasteiger partial charge in [-0.05, 0) is 108 Å². The Bertz CT molecular complexity index is 2670. The molecule has 10 rings (SSSR count). The van der Waals surface area contributed by atoms with Crippen molar-refractivity contribution in [2.24, 2.45) is 0 Å². The SMILES string of the molecule is c1ccc(-c2ccc(N(c3ccc(-c4ccc5c(c4)Cc4ccccc4-5)cc3)c3ccc([Si](c4ccccc4)(c4ccccc4)c4ccccc4)cc3)cc2)cc1. The van der Waals surface area contributed by atoms with Gasteiger partial charge in [-0.15, -0.1) is 0 Å². The molecule has 0 bridgehead atoms. The predicted octanol–water partition coefficient (Wildman–Crippen LogP) is 11.4. The maximum Gasteiger partial charge on any atom is 0.179 e. The minimum Gasteiger partial charge on any atom is -0.311 e. The highest BCUT2D eigenvalue weighted by molar-refractivity contribution is 7.19. The number of benzene rings is 9. The molecule has 0 aromatic heterocycles. The number of anilines is 3. The average Bonchev–Trinajstić information content (AvgIpc) is 3.67. The lowest BCUT2D eigenvalue weighted by Crippen LogP contribution is -2.74. The highest BCUT2D eigenvalue weighted by Crippen LogP contribution is 2.40. The molecule has 0 amide bonds. The first-order chi connectivity index (χ1) is 28.3. The number of hydrogen-bond donors (Lipinski definition) is 0. The molecule has 0 fully saturated rings. The zero-order chi connectivity index (χ0) is 38.0. The van der Waals surface area contributed by atoms with Crippen LogP contribution in [0.1, 0.15) is 11.1 Å². The Balaban J connectivity index is 1.07. The van der Waals surface area contributed by atoms with Gasteiger partial charge in [0.25, 0.3) is 0 Å². The number of fused-ring (bicyclic) bond motifs is 3. The molecule has 0 radical (unpaired) electrons. The van der Waals surface area contributed by atoms with Crippen molar-refractivity contribution in [3.8, 4) is 33.4 Å². The summed E-state index contributed by atoms with van der Waals surface area (Å²) in [5, 5.41) is 5.46. The third-order valence-electron chi connectivity index (χ3n) is 11.7.